The number of nitrogens with one attached hydrogen (secondary N) is 1. The monoisotopic (exact) mass is 358 g/mol. The number of amides is 1. The van der Waals surface area contributed by atoms with Crippen LogP contribution in [0.4, 0.5) is 11.4 Å². The molecular weight excluding hydrogens is 340 g/mol. The van der Waals surface area contributed by atoms with E-state index in [9.17, 15) is 19.7 Å². The zero-order valence-corrected chi connectivity index (χ0v) is 14.4. The number of hydrogen-bond donors (Lipinski definition) is 1. The molecule has 0 aromatic heterocycles. The molecular formula is C18H18N2O6. The molecule has 2 rings (SSSR count). The normalized spacial score (nSPS) is 10.1. The molecule has 0 saturated heterocycles. The van der Waals surface area contributed by atoms with Crippen LogP contribution in [0.15, 0.2) is 36.4 Å². The van der Waals surface area contributed by atoms with Crippen molar-refractivity contribution in [3.05, 3.63) is 57.6 Å². The molecule has 0 atom stereocenters. The molecule has 0 saturated carbocycles. The molecule has 8 heteroatoms. The first kappa shape index (κ1) is 18.9. The number of carbonyl (C=O) groups excluding carboxylic acids is 2. The van der Waals surface area contributed by atoms with Crippen molar-refractivity contribution >= 4 is 23.6 Å². The molecule has 0 heterocycles. The Bertz CT molecular complexity index is 834. The highest BCUT2D eigenvalue weighted by atomic mass is 16.6. The first-order chi connectivity index (χ1) is 12.4. The third-order valence-electron chi connectivity index (χ3n) is 3.45. The molecule has 0 radical (unpaired) electrons. The summed E-state index contributed by atoms with van der Waals surface area (Å²) in [6.07, 6.45) is 0.684. The third-order valence-corrected chi connectivity index (χ3v) is 3.45. The Morgan fingerprint density at radius 3 is 2.62 bits per heavy atom. The van der Waals surface area contributed by atoms with Gasteiger partial charge in [0.25, 0.3) is 11.6 Å². The lowest BCUT2D eigenvalue weighted by Gasteiger charge is -2.12. The molecule has 0 aliphatic carbocycles. The molecule has 2 aromatic carbocycles. The van der Waals surface area contributed by atoms with Crippen LogP contribution < -0.4 is 14.8 Å². The van der Waals surface area contributed by atoms with Crippen molar-refractivity contribution in [1.82, 2.24) is 0 Å². The Labute approximate surface area is 149 Å². The summed E-state index contributed by atoms with van der Waals surface area (Å²) >= 11 is 0. The van der Waals surface area contributed by atoms with Gasteiger partial charge in [-0.3, -0.25) is 19.7 Å². The number of nitro groups is 1. The van der Waals surface area contributed by atoms with Gasteiger partial charge in [-0.05, 0) is 38.1 Å². The number of nitrogens with zero attached hydrogens (tertiary/aromatic N) is 1. The summed E-state index contributed by atoms with van der Waals surface area (Å²) in [7, 11) is 0. The zero-order valence-electron chi connectivity index (χ0n) is 14.4. The lowest BCUT2D eigenvalue weighted by atomic mass is 10.2. The summed E-state index contributed by atoms with van der Waals surface area (Å²) in [5.74, 6) is 0.198. The van der Waals surface area contributed by atoms with Crippen LogP contribution in [0.1, 0.15) is 22.8 Å². The number of ether oxygens (including phenoxy) is 2. The van der Waals surface area contributed by atoms with Crippen LogP contribution in [0, 0.1) is 17.0 Å². The standard InChI is InChI=1S/C18H18N2O6/c1-3-25-17-8-13(10-21)5-7-16(17)26-11-18(22)19-14-6-4-12(2)15(9-14)20(23)24/h4-10H,3,11H2,1-2H3,(H,19,22). The van der Waals surface area contributed by atoms with Gasteiger partial charge >= 0.3 is 0 Å². The predicted molar refractivity (Wildman–Crippen MR) is 95.0 cm³/mol. The lowest BCUT2D eigenvalue weighted by Crippen LogP contribution is -2.20. The van der Waals surface area contributed by atoms with Crippen molar-refractivity contribution in [2.45, 2.75) is 13.8 Å². The van der Waals surface area contributed by atoms with Crippen molar-refractivity contribution in [3.8, 4) is 11.5 Å². The predicted octanol–water partition coefficient (Wildman–Crippen LogP) is 3.13. The smallest absolute Gasteiger partial charge is 0.274 e. The topological polar surface area (TPSA) is 108 Å². The summed E-state index contributed by atoms with van der Waals surface area (Å²) < 4.78 is 10.8. The number of anilines is 1. The van der Waals surface area contributed by atoms with Gasteiger partial charge in [0, 0.05) is 22.9 Å². The van der Waals surface area contributed by atoms with Gasteiger partial charge in [0.1, 0.15) is 6.29 Å². The SMILES string of the molecule is CCOc1cc(C=O)ccc1OCC(=O)Nc1ccc(C)c([N+](=O)[O-])c1. The van der Waals surface area contributed by atoms with Crippen LogP contribution in [0.2, 0.25) is 0 Å². The van der Waals surface area contributed by atoms with Crippen LogP contribution in [0.25, 0.3) is 0 Å². The van der Waals surface area contributed by atoms with E-state index >= 15 is 0 Å². The maximum atomic E-state index is 12.0. The van der Waals surface area contributed by atoms with E-state index in [-0.39, 0.29) is 12.3 Å². The van der Waals surface area contributed by atoms with E-state index in [2.05, 4.69) is 5.32 Å². The highest BCUT2D eigenvalue weighted by molar-refractivity contribution is 5.92. The summed E-state index contributed by atoms with van der Waals surface area (Å²) in [6, 6.07) is 9.03. The lowest BCUT2D eigenvalue weighted by molar-refractivity contribution is -0.385. The van der Waals surface area contributed by atoms with Gasteiger partial charge in [-0.25, -0.2) is 0 Å². The molecule has 8 nitrogen and oxygen atoms in total. The van der Waals surface area contributed by atoms with Gasteiger partial charge in [0.05, 0.1) is 11.5 Å². The highest BCUT2D eigenvalue weighted by Gasteiger charge is 2.13. The summed E-state index contributed by atoms with van der Waals surface area (Å²) in [5.41, 5.74) is 1.15. The molecule has 0 fully saturated rings. The van der Waals surface area contributed by atoms with E-state index in [0.717, 1.165) is 0 Å². The van der Waals surface area contributed by atoms with E-state index in [1.54, 1.807) is 38.1 Å². The molecule has 136 valence electrons. The van der Waals surface area contributed by atoms with Gasteiger partial charge in [-0.1, -0.05) is 6.07 Å². The maximum Gasteiger partial charge on any atom is 0.274 e. The van der Waals surface area contributed by atoms with Crippen molar-refractivity contribution in [2.24, 2.45) is 0 Å². The number of aryl methyl sites for hydroxylation is 1. The van der Waals surface area contributed by atoms with E-state index in [4.69, 9.17) is 9.47 Å². The zero-order chi connectivity index (χ0) is 19.1. The number of rotatable bonds is 8. The van der Waals surface area contributed by atoms with Crippen LogP contribution >= 0.6 is 0 Å². The molecule has 2 aromatic rings. The second-order valence-electron chi connectivity index (χ2n) is 5.35. The molecule has 0 unspecified atom stereocenters. The first-order valence-corrected chi connectivity index (χ1v) is 7.84. The van der Waals surface area contributed by atoms with Crippen LogP contribution in [0.5, 0.6) is 11.5 Å². The fourth-order valence-corrected chi connectivity index (χ4v) is 2.21. The van der Waals surface area contributed by atoms with Gasteiger partial charge in [0.15, 0.2) is 18.1 Å². The van der Waals surface area contributed by atoms with Gasteiger partial charge < -0.3 is 14.8 Å². The molecule has 0 bridgehead atoms. The van der Waals surface area contributed by atoms with Crippen molar-refractivity contribution in [3.63, 3.8) is 0 Å². The van der Waals surface area contributed by atoms with Crippen LogP contribution in [-0.4, -0.2) is 30.3 Å². The second-order valence-corrected chi connectivity index (χ2v) is 5.35. The van der Waals surface area contributed by atoms with Gasteiger partial charge in [-0.2, -0.15) is 0 Å². The Balaban J connectivity index is 2.04. The number of hydrogen-bond acceptors (Lipinski definition) is 6. The number of nitro benzene ring substituents is 1. The summed E-state index contributed by atoms with van der Waals surface area (Å²) in [4.78, 5) is 33.3. The Kier molecular flexibility index (Phi) is 6.26. The summed E-state index contributed by atoms with van der Waals surface area (Å²) in [5, 5.41) is 13.5. The van der Waals surface area contributed by atoms with E-state index in [1.807, 2.05) is 0 Å². The molecule has 0 spiro atoms. The van der Waals surface area contributed by atoms with Crippen molar-refractivity contribution < 1.29 is 24.0 Å². The van der Waals surface area contributed by atoms with Crippen LogP contribution in [-0.2, 0) is 4.79 Å². The largest absolute Gasteiger partial charge is 0.490 e. The quantitative estimate of drug-likeness (QED) is 0.441. The number of aldehydes is 1. The van der Waals surface area contributed by atoms with Gasteiger partial charge in [-0.15, -0.1) is 0 Å². The Morgan fingerprint density at radius 2 is 1.96 bits per heavy atom. The average molecular weight is 358 g/mol. The second kappa shape index (κ2) is 8.61. The first-order valence-electron chi connectivity index (χ1n) is 7.84. The fraction of sp³-hybridized carbons (Fsp3) is 0.222. The molecule has 0 aliphatic heterocycles. The molecule has 26 heavy (non-hydrogen) atoms. The minimum atomic E-state index is -0.509. The van der Waals surface area contributed by atoms with E-state index < -0.39 is 10.8 Å². The van der Waals surface area contributed by atoms with E-state index in [0.29, 0.717) is 41.2 Å². The molecule has 0 aliphatic rings. The number of carbonyl (C=O) groups is 2. The molecule has 1 N–H and O–H groups in total. The van der Waals surface area contributed by atoms with Crippen molar-refractivity contribution in [2.75, 3.05) is 18.5 Å². The Hall–Kier alpha value is -3.42. The fourth-order valence-electron chi connectivity index (χ4n) is 2.21. The minimum absolute atomic E-state index is 0.0770. The molecule has 1 amide bonds. The minimum Gasteiger partial charge on any atom is -0.490 e. The maximum absolute atomic E-state index is 12.0. The summed E-state index contributed by atoms with van der Waals surface area (Å²) in [6.45, 7) is 3.46. The average Bonchev–Trinajstić information content (AvgIpc) is 2.62. The Morgan fingerprint density at radius 1 is 1.19 bits per heavy atom. The van der Waals surface area contributed by atoms with E-state index in [1.165, 1.54) is 12.1 Å². The van der Waals surface area contributed by atoms with Gasteiger partial charge in [0.2, 0.25) is 0 Å². The number of benzene rings is 2. The third kappa shape index (κ3) is 4.79. The van der Waals surface area contributed by atoms with Crippen molar-refractivity contribution in [1.29, 1.82) is 0 Å². The van der Waals surface area contributed by atoms with Crippen LogP contribution in [0.3, 0.4) is 0 Å². The highest BCUT2D eigenvalue weighted by Crippen LogP contribution is 2.28.